The SMILES string of the molecule is CCOC(=O)C(C)(CCN(CC)c1ccccc1C)NC. The minimum Gasteiger partial charge on any atom is -0.465 e. The van der Waals surface area contributed by atoms with Crippen LogP contribution in [0.4, 0.5) is 5.69 Å². The maximum atomic E-state index is 12.1. The van der Waals surface area contributed by atoms with Gasteiger partial charge >= 0.3 is 5.97 Å². The Labute approximate surface area is 128 Å². The number of benzene rings is 1. The zero-order valence-electron chi connectivity index (χ0n) is 13.9. The number of hydrogen-bond donors (Lipinski definition) is 1. The third-order valence-corrected chi connectivity index (χ3v) is 4.00. The van der Waals surface area contributed by atoms with Crippen LogP contribution in [0.25, 0.3) is 0 Å². The zero-order valence-corrected chi connectivity index (χ0v) is 13.9. The lowest BCUT2D eigenvalue weighted by Gasteiger charge is -2.31. The van der Waals surface area contributed by atoms with Gasteiger partial charge in [0.25, 0.3) is 0 Å². The van der Waals surface area contributed by atoms with Gasteiger partial charge in [0, 0.05) is 18.8 Å². The third-order valence-electron chi connectivity index (χ3n) is 4.00. The number of carbonyl (C=O) groups is 1. The number of rotatable bonds is 8. The first-order valence-electron chi connectivity index (χ1n) is 7.65. The summed E-state index contributed by atoms with van der Waals surface area (Å²) in [6.07, 6.45) is 0.699. The molecular weight excluding hydrogens is 264 g/mol. The summed E-state index contributed by atoms with van der Waals surface area (Å²) in [5.41, 5.74) is 1.83. The normalized spacial score (nSPS) is 13.6. The number of esters is 1. The molecule has 1 unspecified atom stereocenters. The van der Waals surface area contributed by atoms with Gasteiger partial charge in [0.1, 0.15) is 5.54 Å². The van der Waals surface area contributed by atoms with Gasteiger partial charge in [0.2, 0.25) is 0 Å². The number of anilines is 1. The van der Waals surface area contributed by atoms with Gasteiger partial charge in [0.15, 0.2) is 0 Å². The van der Waals surface area contributed by atoms with E-state index in [0.717, 1.165) is 13.1 Å². The quantitative estimate of drug-likeness (QED) is 0.748. The van der Waals surface area contributed by atoms with E-state index in [9.17, 15) is 4.79 Å². The molecule has 1 rings (SSSR count). The molecule has 0 spiro atoms. The molecule has 0 saturated carbocycles. The van der Waals surface area contributed by atoms with Crippen molar-refractivity contribution in [2.24, 2.45) is 0 Å². The lowest BCUT2D eigenvalue weighted by atomic mass is 9.97. The number of nitrogens with zero attached hydrogens (tertiary/aromatic N) is 1. The summed E-state index contributed by atoms with van der Waals surface area (Å²) in [6, 6.07) is 8.33. The van der Waals surface area contributed by atoms with E-state index in [1.807, 2.05) is 26.0 Å². The van der Waals surface area contributed by atoms with Gasteiger partial charge in [-0.3, -0.25) is 4.79 Å². The van der Waals surface area contributed by atoms with Crippen molar-refractivity contribution in [2.75, 3.05) is 31.6 Å². The standard InChI is InChI=1S/C17H28N2O2/c1-6-19(15-11-9-8-10-14(15)3)13-12-17(4,18-5)16(20)21-7-2/h8-11,18H,6-7,12-13H2,1-5H3. The molecule has 0 aliphatic carbocycles. The molecule has 0 aliphatic heterocycles. The Balaban J connectivity index is 2.78. The van der Waals surface area contributed by atoms with E-state index in [4.69, 9.17) is 4.74 Å². The van der Waals surface area contributed by atoms with Crippen LogP contribution in [-0.4, -0.2) is 38.3 Å². The van der Waals surface area contributed by atoms with Crippen molar-refractivity contribution in [2.45, 2.75) is 39.7 Å². The largest absolute Gasteiger partial charge is 0.465 e. The number of likely N-dealkylation sites (N-methyl/N-ethyl adjacent to an activating group) is 1. The first kappa shape index (κ1) is 17.5. The summed E-state index contributed by atoms with van der Waals surface area (Å²) in [4.78, 5) is 14.4. The highest BCUT2D eigenvalue weighted by molar-refractivity contribution is 5.80. The Bertz CT molecular complexity index is 462. The molecule has 0 heterocycles. The fourth-order valence-corrected chi connectivity index (χ4v) is 2.35. The first-order valence-corrected chi connectivity index (χ1v) is 7.65. The Morgan fingerprint density at radius 3 is 2.52 bits per heavy atom. The molecule has 0 bridgehead atoms. The fourth-order valence-electron chi connectivity index (χ4n) is 2.35. The van der Waals surface area contributed by atoms with E-state index < -0.39 is 5.54 Å². The molecule has 0 aromatic heterocycles. The number of hydrogen-bond acceptors (Lipinski definition) is 4. The molecule has 0 radical (unpaired) electrons. The van der Waals surface area contributed by atoms with Crippen LogP contribution >= 0.6 is 0 Å². The van der Waals surface area contributed by atoms with Crippen LogP contribution in [0.2, 0.25) is 0 Å². The van der Waals surface area contributed by atoms with Gasteiger partial charge < -0.3 is 15.0 Å². The summed E-state index contributed by atoms with van der Waals surface area (Å²) >= 11 is 0. The Hall–Kier alpha value is -1.55. The van der Waals surface area contributed by atoms with Crippen LogP contribution in [0.5, 0.6) is 0 Å². The minimum atomic E-state index is -0.647. The summed E-state index contributed by atoms with van der Waals surface area (Å²) in [6.45, 7) is 10.1. The van der Waals surface area contributed by atoms with Crippen LogP contribution in [0.1, 0.15) is 32.8 Å². The van der Waals surface area contributed by atoms with Crippen LogP contribution in [-0.2, 0) is 9.53 Å². The second-order valence-electron chi connectivity index (χ2n) is 5.42. The molecule has 0 aliphatic rings. The smallest absolute Gasteiger partial charge is 0.326 e. The monoisotopic (exact) mass is 292 g/mol. The Kier molecular flexibility index (Phi) is 6.69. The van der Waals surface area contributed by atoms with E-state index in [1.165, 1.54) is 11.3 Å². The fraction of sp³-hybridized carbons (Fsp3) is 0.588. The topological polar surface area (TPSA) is 41.6 Å². The lowest BCUT2D eigenvalue weighted by molar-refractivity contribution is -0.150. The Morgan fingerprint density at radius 1 is 1.33 bits per heavy atom. The van der Waals surface area contributed by atoms with Crippen molar-refractivity contribution in [1.82, 2.24) is 5.32 Å². The van der Waals surface area contributed by atoms with E-state index >= 15 is 0 Å². The van der Waals surface area contributed by atoms with Crippen LogP contribution in [0.15, 0.2) is 24.3 Å². The second kappa shape index (κ2) is 8.03. The highest BCUT2D eigenvalue weighted by Gasteiger charge is 2.33. The van der Waals surface area contributed by atoms with Crippen molar-refractivity contribution in [3.63, 3.8) is 0 Å². The second-order valence-corrected chi connectivity index (χ2v) is 5.42. The molecule has 118 valence electrons. The highest BCUT2D eigenvalue weighted by Crippen LogP contribution is 2.21. The molecule has 21 heavy (non-hydrogen) atoms. The number of carbonyl (C=O) groups excluding carboxylic acids is 1. The minimum absolute atomic E-state index is 0.187. The molecule has 0 saturated heterocycles. The summed E-state index contributed by atoms with van der Waals surface area (Å²) in [5.74, 6) is -0.187. The molecule has 4 heteroatoms. The highest BCUT2D eigenvalue weighted by atomic mass is 16.5. The maximum Gasteiger partial charge on any atom is 0.326 e. The zero-order chi connectivity index (χ0) is 15.9. The summed E-state index contributed by atoms with van der Waals surface area (Å²) < 4.78 is 5.17. The van der Waals surface area contributed by atoms with Gasteiger partial charge in [-0.2, -0.15) is 0 Å². The molecule has 1 aromatic carbocycles. The van der Waals surface area contributed by atoms with Crippen molar-refractivity contribution < 1.29 is 9.53 Å². The molecular formula is C17H28N2O2. The van der Waals surface area contributed by atoms with Crippen LogP contribution in [0, 0.1) is 6.92 Å². The van der Waals surface area contributed by atoms with E-state index in [2.05, 4.69) is 36.2 Å². The van der Waals surface area contributed by atoms with E-state index in [-0.39, 0.29) is 5.97 Å². The van der Waals surface area contributed by atoms with Gasteiger partial charge in [-0.05, 0) is 52.8 Å². The van der Waals surface area contributed by atoms with Crippen molar-refractivity contribution in [1.29, 1.82) is 0 Å². The van der Waals surface area contributed by atoms with Gasteiger partial charge in [-0.25, -0.2) is 0 Å². The van der Waals surface area contributed by atoms with Gasteiger partial charge in [-0.15, -0.1) is 0 Å². The summed E-state index contributed by atoms with van der Waals surface area (Å²) in [5, 5.41) is 3.11. The average molecular weight is 292 g/mol. The molecule has 1 atom stereocenters. The van der Waals surface area contributed by atoms with E-state index in [0.29, 0.717) is 13.0 Å². The van der Waals surface area contributed by atoms with Crippen molar-refractivity contribution >= 4 is 11.7 Å². The number of para-hydroxylation sites is 1. The third kappa shape index (κ3) is 4.46. The number of nitrogens with one attached hydrogen (secondary N) is 1. The van der Waals surface area contributed by atoms with Crippen LogP contribution < -0.4 is 10.2 Å². The van der Waals surface area contributed by atoms with Crippen LogP contribution in [0.3, 0.4) is 0 Å². The molecule has 1 N–H and O–H groups in total. The van der Waals surface area contributed by atoms with Crippen molar-refractivity contribution in [3.8, 4) is 0 Å². The molecule has 4 nitrogen and oxygen atoms in total. The van der Waals surface area contributed by atoms with Gasteiger partial charge in [0.05, 0.1) is 6.61 Å². The van der Waals surface area contributed by atoms with E-state index in [1.54, 1.807) is 7.05 Å². The average Bonchev–Trinajstić information content (AvgIpc) is 2.49. The number of aryl methyl sites for hydroxylation is 1. The lowest BCUT2D eigenvalue weighted by Crippen LogP contribution is -2.50. The molecule has 1 aromatic rings. The Morgan fingerprint density at radius 2 is 2.00 bits per heavy atom. The van der Waals surface area contributed by atoms with Gasteiger partial charge in [-0.1, -0.05) is 18.2 Å². The summed E-state index contributed by atoms with van der Waals surface area (Å²) in [7, 11) is 1.81. The predicted molar refractivity (Wildman–Crippen MR) is 87.8 cm³/mol. The maximum absolute atomic E-state index is 12.1. The predicted octanol–water partition coefficient (Wildman–Crippen LogP) is 2.75. The first-order chi connectivity index (χ1) is 9.98. The van der Waals surface area contributed by atoms with Crippen molar-refractivity contribution in [3.05, 3.63) is 29.8 Å². The molecule has 0 fully saturated rings. The molecule has 0 amide bonds. The number of ether oxygens (including phenoxy) is 1.